The number of unbranched alkanes of at least 4 members (excludes halogenated alkanes) is 5. The topological polar surface area (TPSA) is 0 Å². The predicted octanol–water partition coefficient (Wildman–Crippen LogP) is 2.40. The van der Waals surface area contributed by atoms with E-state index in [4.69, 9.17) is 0 Å². The zero-order valence-electron chi connectivity index (χ0n) is 14.0. The molecule has 0 spiro atoms. The number of hydrogen-bond acceptors (Lipinski definition) is 0. The van der Waals surface area contributed by atoms with Crippen molar-refractivity contribution in [3.8, 4) is 0 Å². The molecular weight excluding hydrogens is 237 g/mol. The van der Waals surface area contributed by atoms with Crippen LogP contribution < -0.4 is 4.70 Å². The van der Waals surface area contributed by atoms with Gasteiger partial charge in [0.2, 0.25) is 0 Å². The third-order valence-electron chi connectivity index (χ3n) is 4.19. The Labute approximate surface area is 121 Å². The van der Waals surface area contributed by atoms with Crippen molar-refractivity contribution in [1.82, 2.24) is 0 Å². The summed E-state index contributed by atoms with van der Waals surface area (Å²) in [5.74, 6) is 0. The third kappa shape index (κ3) is 10.4. The van der Waals surface area contributed by atoms with Crippen molar-refractivity contribution in [2.45, 2.75) is 85.5 Å². The van der Waals surface area contributed by atoms with Crippen LogP contribution in [0.4, 0.5) is 0 Å². The van der Waals surface area contributed by atoms with E-state index in [2.05, 4.69) is 27.7 Å². The van der Waals surface area contributed by atoms with E-state index in [-0.39, 0.29) is 4.70 Å². The standard InChI is InChI=1S/C17H38N.FH/c1-5-9-13-17-18(14-10-6-2,15-11-7-3)16-12-8-4;/h5-17H2,1-4H3;1H/q+1;/p-1. The van der Waals surface area contributed by atoms with Gasteiger partial charge in [-0.3, -0.25) is 0 Å². The molecule has 0 heterocycles. The number of halogens is 1. The fraction of sp³-hybridized carbons (Fsp3) is 1.00. The summed E-state index contributed by atoms with van der Waals surface area (Å²) in [5.41, 5.74) is 0. The van der Waals surface area contributed by atoms with Crippen LogP contribution in [0.25, 0.3) is 0 Å². The third-order valence-corrected chi connectivity index (χ3v) is 4.19. The van der Waals surface area contributed by atoms with Gasteiger partial charge >= 0.3 is 0 Å². The highest BCUT2D eigenvalue weighted by atomic mass is 19.0. The van der Waals surface area contributed by atoms with Gasteiger partial charge < -0.3 is 9.19 Å². The molecule has 0 amide bonds. The van der Waals surface area contributed by atoms with Crippen LogP contribution in [-0.4, -0.2) is 30.7 Å². The average Bonchev–Trinajstić information content (AvgIpc) is 2.40. The maximum Gasteiger partial charge on any atom is 0.0786 e. The first kappa shape index (κ1) is 21.2. The molecule has 0 atom stereocenters. The van der Waals surface area contributed by atoms with Gasteiger partial charge in [-0.2, -0.15) is 0 Å². The smallest absolute Gasteiger partial charge is 0.0786 e. The Morgan fingerprint density at radius 2 is 0.789 bits per heavy atom. The van der Waals surface area contributed by atoms with E-state index in [1.165, 1.54) is 88.4 Å². The minimum absolute atomic E-state index is 0. The highest BCUT2D eigenvalue weighted by molar-refractivity contribution is 4.50. The van der Waals surface area contributed by atoms with Gasteiger partial charge in [0, 0.05) is 0 Å². The van der Waals surface area contributed by atoms with E-state index in [1.54, 1.807) is 0 Å². The fourth-order valence-corrected chi connectivity index (χ4v) is 2.85. The molecule has 0 aliphatic rings. The largest absolute Gasteiger partial charge is 1.00 e. The van der Waals surface area contributed by atoms with Gasteiger partial charge in [0.15, 0.2) is 0 Å². The van der Waals surface area contributed by atoms with Gasteiger partial charge in [-0.1, -0.05) is 53.4 Å². The van der Waals surface area contributed by atoms with E-state index in [0.29, 0.717) is 0 Å². The minimum Gasteiger partial charge on any atom is -1.00 e. The first-order chi connectivity index (χ1) is 8.74. The van der Waals surface area contributed by atoms with Crippen molar-refractivity contribution in [2.75, 3.05) is 26.2 Å². The quantitative estimate of drug-likeness (QED) is 0.358. The number of hydrogen-bond donors (Lipinski definition) is 0. The fourth-order valence-electron chi connectivity index (χ4n) is 2.85. The van der Waals surface area contributed by atoms with E-state index in [9.17, 15) is 0 Å². The first-order valence-electron chi connectivity index (χ1n) is 8.59. The highest BCUT2D eigenvalue weighted by Crippen LogP contribution is 2.16. The lowest BCUT2D eigenvalue weighted by atomic mass is 10.1. The molecule has 2 heteroatoms. The Morgan fingerprint density at radius 3 is 1.11 bits per heavy atom. The molecule has 0 aromatic carbocycles. The van der Waals surface area contributed by atoms with Gasteiger partial charge in [-0.25, -0.2) is 0 Å². The predicted molar refractivity (Wildman–Crippen MR) is 84.0 cm³/mol. The lowest BCUT2D eigenvalue weighted by molar-refractivity contribution is -0.929. The summed E-state index contributed by atoms with van der Waals surface area (Å²) in [6.07, 6.45) is 12.5. The van der Waals surface area contributed by atoms with Crippen molar-refractivity contribution in [3.63, 3.8) is 0 Å². The van der Waals surface area contributed by atoms with Crippen molar-refractivity contribution in [3.05, 3.63) is 0 Å². The molecule has 0 bridgehead atoms. The van der Waals surface area contributed by atoms with E-state index >= 15 is 0 Å². The van der Waals surface area contributed by atoms with E-state index in [0.717, 1.165) is 0 Å². The van der Waals surface area contributed by atoms with Gasteiger partial charge in [0.1, 0.15) is 0 Å². The van der Waals surface area contributed by atoms with Crippen LogP contribution in [0.1, 0.15) is 85.5 Å². The average molecular weight is 275 g/mol. The Balaban J connectivity index is 0. The zero-order chi connectivity index (χ0) is 13.7. The molecule has 118 valence electrons. The van der Waals surface area contributed by atoms with Crippen LogP contribution in [-0.2, 0) is 0 Å². The summed E-state index contributed by atoms with van der Waals surface area (Å²) >= 11 is 0. The minimum atomic E-state index is 0. The second-order valence-electron chi connectivity index (χ2n) is 6.00. The summed E-state index contributed by atoms with van der Waals surface area (Å²) < 4.78 is 1.43. The lowest BCUT2D eigenvalue weighted by Crippen LogP contribution is -3.00. The number of quaternary nitrogens is 1. The molecule has 1 nitrogen and oxygen atoms in total. The molecule has 0 unspecified atom stereocenters. The molecule has 0 aromatic heterocycles. The molecule has 0 N–H and O–H groups in total. The van der Waals surface area contributed by atoms with Crippen molar-refractivity contribution in [2.24, 2.45) is 0 Å². The normalized spacial score (nSPS) is 11.4. The molecule has 19 heavy (non-hydrogen) atoms. The Hall–Kier alpha value is -0.110. The number of nitrogens with zero attached hydrogens (tertiary/aromatic N) is 1. The van der Waals surface area contributed by atoms with Gasteiger partial charge in [0.25, 0.3) is 0 Å². The Morgan fingerprint density at radius 1 is 0.474 bits per heavy atom. The van der Waals surface area contributed by atoms with Crippen LogP contribution in [0.15, 0.2) is 0 Å². The maximum atomic E-state index is 2.33. The summed E-state index contributed by atoms with van der Waals surface area (Å²) in [7, 11) is 0. The van der Waals surface area contributed by atoms with Crippen molar-refractivity contribution < 1.29 is 9.19 Å². The first-order valence-corrected chi connectivity index (χ1v) is 8.59. The van der Waals surface area contributed by atoms with Crippen molar-refractivity contribution >= 4 is 0 Å². The summed E-state index contributed by atoms with van der Waals surface area (Å²) in [6.45, 7) is 15.0. The Kier molecular flexibility index (Phi) is 16.0. The van der Waals surface area contributed by atoms with Gasteiger partial charge in [-0.05, 0) is 32.1 Å². The van der Waals surface area contributed by atoms with Crippen molar-refractivity contribution in [1.29, 1.82) is 0 Å². The molecule has 0 aliphatic carbocycles. The van der Waals surface area contributed by atoms with Crippen LogP contribution in [0.5, 0.6) is 0 Å². The lowest BCUT2D eigenvalue weighted by Gasteiger charge is -2.39. The van der Waals surface area contributed by atoms with E-state index in [1.807, 2.05) is 0 Å². The van der Waals surface area contributed by atoms with Crippen LogP contribution in [0.3, 0.4) is 0 Å². The monoisotopic (exact) mass is 275 g/mol. The molecule has 0 aromatic rings. The molecule has 0 rings (SSSR count). The second kappa shape index (κ2) is 14.3. The van der Waals surface area contributed by atoms with Gasteiger partial charge in [0.05, 0.1) is 26.2 Å². The number of rotatable bonds is 13. The summed E-state index contributed by atoms with van der Waals surface area (Å²) in [6, 6.07) is 0. The molecule has 0 radical (unpaired) electrons. The van der Waals surface area contributed by atoms with Crippen LogP contribution in [0, 0.1) is 0 Å². The maximum absolute atomic E-state index is 2.33. The molecule has 0 aliphatic heterocycles. The highest BCUT2D eigenvalue weighted by Gasteiger charge is 2.24. The zero-order valence-corrected chi connectivity index (χ0v) is 14.0. The SMILES string of the molecule is CCCCC[N+](CCCC)(CCCC)CCCC.[F-]. The Bertz CT molecular complexity index is 149. The summed E-state index contributed by atoms with van der Waals surface area (Å²) in [4.78, 5) is 0. The van der Waals surface area contributed by atoms with Crippen LogP contribution in [0.2, 0.25) is 0 Å². The molecule has 0 saturated heterocycles. The van der Waals surface area contributed by atoms with Crippen LogP contribution >= 0.6 is 0 Å². The second-order valence-corrected chi connectivity index (χ2v) is 6.00. The van der Waals surface area contributed by atoms with E-state index < -0.39 is 0 Å². The molecule has 0 fully saturated rings. The molecular formula is C17H38FN. The molecule has 0 saturated carbocycles. The summed E-state index contributed by atoms with van der Waals surface area (Å²) in [5, 5.41) is 0. The van der Waals surface area contributed by atoms with Gasteiger partial charge in [-0.15, -0.1) is 0 Å².